The summed E-state index contributed by atoms with van der Waals surface area (Å²) in [6.07, 6.45) is 0.296. The summed E-state index contributed by atoms with van der Waals surface area (Å²) in [5.74, 6) is -1.87. The molecular formula is C12H16N2O4. The zero-order valence-corrected chi connectivity index (χ0v) is 10.0. The maximum atomic E-state index is 11.6. The van der Waals surface area contributed by atoms with Crippen LogP contribution < -0.4 is 11.1 Å². The smallest absolute Gasteiger partial charge is 0.305 e. The van der Waals surface area contributed by atoms with Crippen LogP contribution in [0, 0.1) is 0 Å². The fourth-order valence-electron chi connectivity index (χ4n) is 1.41. The number of anilines is 1. The van der Waals surface area contributed by atoms with Gasteiger partial charge in [0.05, 0.1) is 18.2 Å². The number of aliphatic carboxylic acids is 1. The summed E-state index contributed by atoms with van der Waals surface area (Å²) < 4.78 is 0. The number of nitrogens with two attached hydrogens (primary N) is 1. The number of nitrogens with one attached hydrogen (secondary N) is 1. The molecule has 0 aliphatic carbocycles. The Hall–Kier alpha value is -2.08. The van der Waals surface area contributed by atoms with Crippen LogP contribution in [0.2, 0.25) is 0 Å². The molecule has 5 N–H and O–H groups in total. The predicted octanol–water partition coefficient (Wildman–Crippen LogP) is 0.695. The lowest BCUT2D eigenvalue weighted by Gasteiger charge is -2.12. The molecule has 0 saturated carbocycles. The van der Waals surface area contributed by atoms with Gasteiger partial charge in [0.15, 0.2) is 0 Å². The summed E-state index contributed by atoms with van der Waals surface area (Å²) in [6, 6.07) is 3.69. The highest BCUT2D eigenvalue weighted by molar-refractivity contribution is 5.97. The zero-order chi connectivity index (χ0) is 13.7. The number of carbonyl (C=O) groups excluding carboxylic acids is 1. The molecule has 1 amide bonds. The van der Waals surface area contributed by atoms with E-state index in [0.29, 0.717) is 0 Å². The number of phenolic OH excluding ortho intramolecular Hbond substituents is 1. The van der Waals surface area contributed by atoms with Crippen LogP contribution in [0.15, 0.2) is 18.2 Å². The minimum Gasteiger partial charge on any atom is -0.506 e. The second-order valence-corrected chi connectivity index (χ2v) is 3.90. The second kappa shape index (κ2) is 6.02. The summed E-state index contributed by atoms with van der Waals surface area (Å²) in [7, 11) is 0. The number of amides is 1. The van der Waals surface area contributed by atoms with Gasteiger partial charge in [-0.2, -0.15) is 0 Å². The molecule has 0 spiro atoms. The van der Waals surface area contributed by atoms with Crippen molar-refractivity contribution in [2.75, 3.05) is 5.32 Å². The molecule has 0 saturated heterocycles. The van der Waals surface area contributed by atoms with Crippen LogP contribution in [-0.2, 0) is 16.0 Å². The van der Waals surface area contributed by atoms with E-state index in [4.69, 9.17) is 10.8 Å². The summed E-state index contributed by atoms with van der Waals surface area (Å²) >= 11 is 0. The predicted molar refractivity (Wildman–Crippen MR) is 66.3 cm³/mol. The van der Waals surface area contributed by atoms with Crippen molar-refractivity contribution in [2.45, 2.75) is 25.8 Å². The molecular weight excluding hydrogens is 236 g/mol. The number of carboxylic acids is 1. The number of aromatic hydroxyl groups is 1. The highest BCUT2D eigenvalue weighted by atomic mass is 16.4. The first-order chi connectivity index (χ1) is 8.43. The molecule has 1 rings (SSSR count). The van der Waals surface area contributed by atoms with Crippen LogP contribution >= 0.6 is 0 Å². The third-order valence-corrected chi connectivity index (χ3v) is 2.46. The molecule has 18 heavy (non-hydrogen) atoms. The highest BCUT2D eigenvalue weighted by Gasteiger charge is 2.18. The van der Waals surface area contributed by atoms with Crippen molar-refractivity contribution in [1.29, 1.82) is 0 Å². The number of hydrogen-bond donors (Lipinski definition) is 4. The molecule has 1 aromatic rings. The molecule has 98 valence electrons. The van der Waals surface area contributed by atoms with Crippen LogP contribution in [0.5, 0.6) is 5.75 Å². The Balaban J connectivity index is 2.77. The number of phenols is 1. The number of carboxylic acid groups (broad SMARTS) is 1. The Morgan fingerprint density at radius 2 is 2.11 bits per heavy atom. The Kier molecular flexibility index (Phi) is 4.67. The molecule has 1 atom stereocenters. The fraction of sp³-hybridized carbons (Fsp3) is 0.333. The van der Waals surface area contributed by atoms with E-state index in [2.05, 4.69) is 5.32 Å². The van der Waals surface area contributed by atoms with Crippen LogP contribution in [0.3, 0.4) is 0 Å². The van der Waals surface area contributed by atoms with Crippen molar-refractivity contribution in [1.82, 2.24) is 0 Å². The molecule has 1 aromatic carbocycles. The van der Waals surface area contributed by atoms with Gasteiger partial charge in [0, 0.05) is 0 Å². The van der Waals surface area contributed by atoms with Gasteiger partial charge in [-0.1, -0.05) is 13.0 Å². The molecule has 0 aliphatic rings. The minimum absolute atomic E-state index is 0.0805. The number of benzene rings is 1. The minimum atomic E-state index is -1.15. The van der Waals surface area contributed by atoms with Crippen LogP contribution in [-0.4, -0.2) is 28.1 Å². The average molecular weight is 252 g/mol. The van der Waals surface area contributed by atoms with Gasteiger partial charge in [0.1, 0.15) is 5.75 Å². The third kappa shape index (κ3) is 3.74. The van der Waals surface area contributed by atoms with Crippen LogP contribution in [0.4, 0.5) is 5.69 Å². The molecule has 0 heterocycles. The Labute approximate surface area is 104 Å². The third-order valence-electron chi connectivity index (χ3n) is 2.46. The van der Waals surface area contributed by atoms with Gasteiger partial charge in [-0.3, -0.25) is 9.59 Å². The van der Waals surface area contributed by atoms with Crippen LogP contribution in [0.1, 0.15) is 18.9 Å². The van der Waals surface area contributed by atoms with E-state index in [-0.39, 0.29) is 11.4 Å². The van der Waals surface area contributed by atoms with E-state index in [1.165, 1.54) is 6.07 Å². The van der Waals surface area contributed by atoms with Gasteiger partial charge in [0.2, 0.25) is 5.91 Å². The van der Waals surface area contributed by atoms with Gasteiger partial charge < -0.3 is 21.3 Å². The van der Waals surface area contributed by atoms with Crippen molar-refractivity contribution in [3.63, 3.8) is 0 Å². The normalized spacial score (nSPS) is 11.9. The lowest BCUT2D eigenvalue weighted by atomic mass is 10.1. The number of carbonyl (C=O) groups is 2. The first-order valence-electron chi connectivity index (χ1n) is 5.54. The number of rotatable bonds is 5. The van der Waals surface area contributed by atoms with E-state index in [0.717, 1.165) is 12.0 Å². The molecule has 0 bridgehead atoms. The van der Waals surface area contributed by atoms with Crippen molar-refractivity contribution in [3.05, 3.63) is 23.8 Å². The standard InChI is InChI=1S/C12H16N2O4/c1-2-7-3-4-10(15)9(5-7)14-12(18)8(13)6-11(16)17/h3-5,8,15H,2,6,13H2,1H3,(H,14,18)(H,16,17). The maximum absolute atomic E-state index is 11.6. The monoisotopic (exact) mass is 252 g/mol. The lowest BCUT2D eigenvalue weighted by molar-refractivity contribution is -0.138. The first-order valence-corrected chi connectivity index (χ1v) is 5.54. The van der Waals surface area contributed by atoms with E-state index in [1.54, 1.807) is 12.1 Å². The maximum Gasteiger partial charge on any atom is 0.305 e. The quantitative estimate of drug-likeness (QED) is 0.576. The molecule has 0 fully saturated rings. The molecule has 0 radical (unpaired) electrons. The Morgan fingerprint density at radius 1 is 1.44 bits per heavy atom. The Bertz CT molecular complexity index is 459. The summed E-state index contributed by atoms with van der Waals surface area (Å²) in [4.78, 5) is 22.0. The molecule has 6 heteroatoms. The number of hydrogen-bond acceptors (Lipinski definition) is 4. The SMILES string of the molecule is CCc1ccc(O)c(NC(=O)C(N)CC(=O)O)c1. The van der Waals surface area contributed by atoms with Crippen molar-refractivity contribution in [2.24, 2.45) is 5.73 Å². The topological polar surface area (TPSA) is 113 Å². The molecule has 0 aromatic heterocycles. The van der Waals surface area contributed by atoms with Gasteiger partial charge in [-0.15, -0.1) is 0 Å². The summed E-state index contributed by atoms with van der Waals surface area (Å²) in [5.41, 5.74) is 6.59. The Morgan fingerprint density at radius 3 is 2.67 bits per heavy atom. The molecule has 1 unspecified atom stereocenters. The molecule has 0 aliphatic heterocycles. The highest BCUT2D eigenvalue weighted by Crippen LogP contribution is 2.24. The number of aryl methyl sites for hydroxylation is 1. The first kappa shape index (κ1) is 14.0. The lowest BCUT2D eigenvalue weighted by Crippen LogP contribution is -2.37. The van der Waals surface area contributed by atoms with Gasteiger partial charge in [0.25, 0.3) is 0 Å². The van der Waals surface area contributed by atoms with Crippen LogP contribution in [0.25, 0.3) is 0 Å². The van der Waals surface area contributed by atoms with E-state index >= 15 is 0 Å². The van der Waals surface area contributed by atoms with Gasteiger partial charge in [-0.05, 0) is 24.1 Å². The van der Waals surface area contributed by atoms with Crippen molar-refractivity contribution < 1.29 is 19.8 Å². The second-order valence-electron chi connectivity index (χ2n) is 3.90. The summed E-state index contributed by atoms with van der Waals surface area (Å²) in [6.45, 7) is 1.94. The van der Waals surface area contributed by atoms with Gasteiger partial charge in [-0.25, -0.2) is 0 Å². The van der Waals surface area contributed by atoms with Gasteiger partial charge >= 0.3 is 5.97 Å². The summed E-state index contributed by atoms with van der Waals surface area (Å²) in [5, 5.41) is 20.5. The van der Waals surface area contributed by atoms with E-state index in [9.17, 15) is 14.7 Å². The van der Waals surface area contributed by atoms with E-state index < -0.39 is 24.3 Å². The fourth-order valence-corrected chi connectivity index (χ4v) is 1.41. The molecule has 6 nitrogen and oxygen atoms in total. The van der Waals surface area contributed by atoms with E-state index in [1.807, 2.05) is 6.92 Å². The van der Waals surface area contributed by atoms with Crippen molar-refractivity contribution in [3.8, 4) is 5.75 Å². The largest absolute Gasteiger partial charge is 0.506 e. The average Bonchev–Trinajstić information content (AvgIpc) is 2.31. The zero-order valence-electron chi connectivity index (χ0n) is 10.0. The van der Waals surface area contributed by atoms with Crippen molar-refractivity contribution >= 4 is 17.6 Å².